The SMILES string of the molecule is CCc1c2c(nc3ccc(OC(=O)N(C)CCN(C)C(=O)OCc4ccc(NC(=O)[C@H](CCCNC(N)=O)NC(=O)[C@@H](NC(=O)C5CCC(C(=O)O)N5C)C(C)C)cc4)cc13)-c1cc3c(c(=O)n1C2)COC(=O)[C@]3(O)CC. The Kier molecular flexibility index (Phi) is 17.5. The van der Waals surface area contributed by atoms with Crippen LogP contribution in [0.3, 0.4) is 0 Å². The maximum absolute atomic E-state index is 13.7. The third kappa shape index (κ3) is 12.3. The van der Waals surface area contributed by atoms with E-state index < -0.39 is 83.6 Å². The molecule has 5 heterocycles. The number of nitrogens with two attached hydrogens (primary N) is 1. The lowest BCUT2D eigenvalue weighted by atomic mass is 9.86. The Morgan fingerprint density at radius 2 is 1.61 bits per heavy atom. The van der Waals surface area contributed by atoms with Gasteiger partial charge in [-0.3, -0.25) is 28.9 Å². The monoisotopic (exact) mass is 1070 g/mol. The number of hydrogen-bond donors (Lipinski definition) is 7. The number of carbonyl (C=O) groups excluding carboxylic acids is 7. The van der Waals surface area contributed by atoms with E-state index in [1.165, 1.54) is 28.8 Å². The predicted octanol–water partition coefficient (Wildman–Crippen LogP) is 2.90. The Morgan fingerprint density at radius 1 is 0.922 bits per heavy atom. The third-order valence-electron chi connectivity index (χ3n) is 14.4. The summed E-state index contributed by atoms with van der Waals surface area (Å²) in [5.74, 6) is -3.72. The summed E-state index contributed by atoms with van der Waals surface area (Å²) < 4.78 is 18.0. The van der Waals surface area contributed by atoms with Crippen LogP contribution < -0.4 is 37.3 Å². The first-order chi connectivity index (χ1) is 36.6. The Morgan fingerprint density at radius 3 is 2.25 bits per heavy atom. The summed E-state index contributed by atoms with van der Waals surface area (Å²) >= 11 is 0. The lowest BCUT2D eigenvalue weighted by Crippen LogP contribution is -2.57. The molecule has 4 aromatic rings. The summed E-state index contributed by atoms with van der Waals surface area (Å²) in [7, 11) is 4.58. The number of carboxylic acids is 1. The molecule has 8 N–H and O–H groups in total. The zero-order chi connectivity index (χ0) is 56.0. The highest BCUT2D eigenvalue weighted by atomic mass is 16.6. The number of likely N-dealkylation sites (N-methyl/N-ethyl adjacent to an activating group) is 3. The topological polar surface area (TPSA) is 323 Å². The lowest BCUT2D eigenvalue weighted by Gasteiger charge is -2.31. The zero-order valence-corrected chi connectivity index (χ0v) is 44.1. The summed E-state index contributed by atoms with van der Waals surface area (Å²) in [5.41, 5.74) is 7.62. The molecule has 3 aliphatic rings. The smallest absolute Gasteiger partial charge is 0.415 e. The van der Waals surface area contributed by atoms with Gasteiger partial charge in [0.2, 0.25) is 17.7 Å². The number of nitrogens with one attached hydrogen (secondary N) is 4. The van der Waals surface area contributed by atoms with Crippen LogP contribution in [-0.4, -0.2) is 147 Å². The molecule has 0 bridgehead atoms. The average molecular weight is 1070 g/mol. The molecule has 5 atom stereocenters. The Balaban J connectivity index is 0.903. The number of cyclic esters (lactones) is 1. The number of primary amides is 1. The summed E-state index contributed by atoms with van der Waals surface area (Å²) in [6.07, 6.45) is 0.153. The van der Waals surface area contributed by atoms with Crippen molar-refractivity contribution in [1.29, 1.82) is 0 Å². The van der Waals surface area contributed by atoms with Crippen LogP contribution in [-0.2, 0) is 65.2 Å². The van der Waals surface area contributed by atoms with Crippen LogP contribution in [0.2, 0.25) is 0 Å². The highest BCUT2D eigenvalue weighted by Gasteiger charge is 2.46. The number of rotatable bonds is 20. The van der Waals surface area contributed by atoms with E-state index in [0.29, 0.717) is 41.0 Å². The number of carbonyl (C=O) groups is 8. The van der Waals surface area contributed by atoms with Gasteiger partial charge in [0.25, 0.3) is 5.56 Å². The molecule has 0 radical (unpaired) electrons. The van der Waals surface area contributed by atoms with E-state index in [9.17, 15) is 53.4 Å². The van der Waals surface area contributed by atoms with Crippen LogP contribution in [0.1, 0.15) is 87.6 Å². The number of likely N-dealkylation sites (tertiary alicyclic amines) is 1. The number of aliphatic carboxylic acids is 1. The standard InChI is InChI=1S/C53H66N10O14/c1-8-32-33-23-31(16-17-37(33)57-43-34(32)25-63-41(43)24-36-35(47(63)67)27-75-49(70)53(36,74)9-2)77-52(73)61(6)22-21-60(5)51(72)76-26-29-12-14-30(15-13-29)56-44(64)38(11-10-20-55-50(54)71)58-46(66)42(28(3)4)59-45(65)39-18-19-40(48(68)69)62(39)7/h12-17,23-24,28,38-40,42,74H,8-11,18-22,25-27H2,1-7H3,(H,56,64)(H,58,66)(H,59,65)(H,68,69)(H3,54,55,71)/t38-,39?,40?,42-,53-/m0/s1. The fourth-order valence-corrected chi connectivity index (χ4v) is 9.82. The molecule has 1 fully saturated rings. The molecule has 1 saturated heterocycles. The molecule has 77 heavy (non-hydrogen) atoms. The van der Waals surface area contributed by atoms with Crippen LogP contribution in [0.4, 0.5) is 20.1 Å². The van der Waals surface area contributed by atoms with Crippen molar-refractivity contribution < 1.29 is 62.8 Å². The van der Waals surface area contributed by atoms with E-state index in [1.54, 1.807) is 80.9 Å². The van der Waals surface area contributed by atoms with Crippen molar-refractivity contribution in [2.75, 3.05) is 46.1 Å². The van der Waals surface area contributed by atoms with E-state index in [4.69, 9.17) is 24.9 Å². The van der Waals surface area contributed by atoms with E-state index in [1.807, 2.05) is 6.92 Å². The highest BCUT2D eigenvalue weighted by Crippen LogP contribution is 2.41. The normalized spacial score (nSPS) is 18.2. The molecule has 2 unspecified atom stereocenters. The molecule has 0 spiro atoms. The molecule has 24 heteroatoms. The second-order valence-corrected chi connectivity index (χ2v) is 19.8. The number of amides is 7. The van der Waals surface area contributed by atoms with Crippen molar-refractivity contribution in [3.8, 4) is 17.1 Å². The number of benzene rings is 2. The molecule has 24 nitrogen and oxygen atoms in total. The van der Waals surface area contributed by atoms with Gasteiger partial charge in [-0.25, -0.2) is 24.2 Å². The van der Waals surface area contributed by atoms with Gasteiger partial charge in [0.05, 0.1) is 35.1 Å². The largest absolute Gasteiger partial charge is 0.480 e. The van der Waals surface area contributed by atoms with Crippen LogP contribution in [0, 0.1) is 5.92 Å². The van der Waals surface area contributed by atoms with Crippen LogP contribution >= 0.6 is 0 Å². The van der Waals surface area contributed by atoms with Crippen molar-refractivity contribution >= 4 is 64.5 Å². The lowest BCUT2D eigenvalue weighted by molar-refractivity contribution is -0.172. The van der Waals surface area contributed by atoms with Gasteiger partial charge in [-0.1, -0.05) is 39.8 Å². The first-order valence-corrected chi connectivity index (χ1v) is 25.5. The number of hydrogen-bond acceptors (Lipinski definition) is 15. The van der Waals surface area contributed by atoms with Crippen molar-refractivity contribution in [2.24, 2.45) is 11.7 Å². The number of anilines is 1. The first kappa shape index (κ1) is 56.6. The molecule has 7 amide bonds. The molecule has 0 aliphatic carbocycles. The summed E-state index contributed by atoms with van der Waals surface area (Å²) in [5, 5.41) is 32.2. The molecule has 2 aromatic carbocycles. The van der Waals surface area contributed by atoms with E-state index >= 15 is 0 Å². The number of nitrogens with zero attached hydrogens (tertiary/aromatic N) is 5. The average Bonchev–Trinajstić information content (AvgIpc) is 4.01. The van der Waals surface area contributed by atoms with Gasteiger partial charge in [-0.15, -0.1) is 0 Å². The second-order valence-electron chi connectivity index (χ2n) is 19.8. The van der Waals surface area contributed by atoms with Gasteiger partial charge >= 0.3 is 30.2 Å². The van der Waals surface area contributed by atoms with Crippen LogP contribution in [0.15, 0.2) is 53.3 Å². The van der Waals surface area contributed by atoms with Gasteiger partial charge in [-0.05, 0) is 99.0 Å². The number of esters is 1. The van der Waals surface area contributed by atoms with Crippen molar-refractivity contribution in [2.45, 2.75) is 116 Å². The Labute approximate surface area is 443 Å². The molecule has 7 rings (SSSR count). The van der Waals surface area contributed by atoms with Crippen LogP contribution in [0.5, 0.6) is 5.75 Å². The number of aromatic nitrogens is 2. The van der Waals surface area contributed by atoms with E-state index in [-0.39, 0.29) is 87.5 Å². The summed E-state index contributed by atoms with van der Waals surface area (Å²) in [6.45, 7) is 7.22. The molecule has 3 aliphatic heterocycles. The predicted molar refractivity (Wildman–Crippen MR) is 278 cm³/mol. The van der Waals surface area contributed by atoms with Gasteiger partial charge < -0.3 is 65.8 Å². The molecule has 412 valence electrons. The first-order valence-electron chi connectivity index (χ1n) is 25.5. The van der Waals surface area contributed by atoms with E-state index in [0.717, 1.165) is 16.5 Å². The zero-order valence-electron chi connectivity index (χ0n) is 44.1. The third-order valence-corrected chi connectivity index (χ3v) is 14.4. The minimum atomic E-state index is -1.95. The van der Waals surface area contributed by atoms with Gasteiger partial charge in [0.15, 0.2) is 5.60 Å². The van der Waals surface area contributed by atoms with Crippen LogP contribution in [0.25, 0.3) is 22.3 Å². The van der Waals surface area contributed by atoms with Crippen molar-refractivity contribution in [3.63, 3.8) is 0 Å². The molecule has 2 aromatic heterocycles. The van der Waals surface area contributed by atoms with Gasteiger partial charge in [-0.2, -0.15) is 0 Å². The number of carboxylic acid groups (broad SMARTS) is 1. The maximum atomic E-state index is 13.7. The fourth-order valence-electron chi connectivity index (χ4n) is 9.82. The summed E-state index contributed by atoms with van der Waals surface area (Å²) in [6, 6.07) is 8.64. The molecular weight excluding hydrogens is 1000 g/mol. The number of fused-ring (bicyclic) bond motifs is 5. The van der Waals surface area contributed by atoms with Crippen molar-refractivity contribution in [3.05, 3.63) is 86.7 Å². The Hall–Kier alpha value is -8.12. The second kappa shape index (κ2) is 23.8. The van der Waals surface area contributed by atoms with E-state index in [2.05, 4.69) is 21.3 Å². The van der Waals surface area contributed by atoms with Gasteiger partial charge in [0, 0.05) is 55.9 Å². The minimum absolute atomic E-state index is 0.0245. The fraction of sp³-hybridized carbons (Fsp3) is 0.472. The number of aryl methyl sites for hydroxylation is 1. The Bertz CT molecular complexity index is 3040. The number of pyridine rings is 2. The number of ether oxygens (including phenoxy) is 3. The molecular formula is C53H66N10O14. The number of aliphatic hydroxyl groups is 1. The van der Waals surface area contributed by atoms with Gasteiger partial charge in [0.1, 0.15) is 37.1 Å². The molecule has 0 saturated carbocycles. The highest BCUT2D eigenvalue weighted by molar-refractivity contribution is 5.99. The summed E-state index contributed by atoms with van der Waals surface area (Å²) in [4.78, 5) is 125. The van der Waals surface area contributed by atoms with Crippen molar-refractivity contribution in [1.82, 2.24) is 40.2 Å². The maximum Gasteiger partial charge on any atom is 0.415 e. The minimum Gasteiger partial charge on any atom is -0.480 e. The quantitative estimate of drug-likeness (QED) is 0.0435. The number of urea groups is 1.